The summed E-state index contributed by atoms with van der Waals surface area (Å²) in [5, 5.41) is 10.3. The van der Waals surface area contributed by atoms with Gasteiger partial charge in [-0.3, -0.25) is 0 Å². The number of halogens is 1. The molecule has 98 valence electrons. The van der Waals surface area contributed by atoms with E-state index < -0.39 is 0 Å². The number of aliphatic hydroxyl groups is 1. The van der Waals surface area contributed by atoms with Crippen LogP contribution in [0.2, 0.25) is 5.15 Å². The molecular formula is C14H19ClN2O. The highest BCUT2D eigenvalue weighted by molar-refractivity contribution is 6.29. The summed E-state index contributed by atoms with van der Waals surface area (Å²) in [7, 11) is 0. The van der Waals surface area contributed by atoms with Gasteiger partial charge in [-0.1, -0.05) is 11.6 Å². The van der Waals surface area contributed by atoms with Crippen LogP contribution < -0.4 is 4.90 Å². The molecule has 0 radical (unpaired) electrons. The van der Waals surface area contributed by atoms with Gasteiger partial charge in [-0.2, -0.15) is 0 Å². The zero-order chi connectivity index (χ0) is 12.5. The first kappa shape index (κ1) is 12.2. The molecule has 1 N–H and O–H groups in total. The molecule has 1 saturated heterocycles. The molecule has 4 heteroatoms. The van der Waals surface area contributed by atoms with Crippen LogP contribution in [-0.2, 0) is 0 Å². The number of hydrogen-bond acceptors (Lipinski definition) is 3. The first-order valence-corrected chi connectivity index (χ1v) is 7.15. The monoisotopic (exact) mass is 266 g/mol. The van der Waals surface area contributed by atoms with Gasteiger partial charge in [0.1, 0.15) is 5.15 Å². The molecule has 0 aromatic carbocycles. The summed E-state index contributed by atoms with van der Waals surface area (Å²) < 4.78 is 0. The van der Waals surface area contributed by atoms with Gasteiger partial charge in [0, 0.05) is 25.0 Å². The molecule has 3 rings (SSSR count). The number of rotatable bonds is 1. The minimum atomic E-state index is -0.0619. The third-order valence-corrected chi connectivity index (χ3v) is 4.62. The molecule has 1 saturated carbocycles. The molecule has 0 amide bonds. The van der Waals surface area contributed by atoms with E-state index in [2.05, 4.69) is 9.88 Å². The number of hydrogen-bond donors (Lipinski definition) is 1. The molecule has 3 atom stereocenters. The van der Waals surface area contributed by atoms with Gasteiger partial charge in [-0.15, -0.1) is 0 Å². The summed E-state index contributed by atoms with van der Waals surface area (Å²) in [6.45, 7) is 2.16. The van der Waals surface area contributed by atoms with Crippen LogP contribution in [0.15, 0.2) is 18.3 Å². The van der Waals surface area contributed by atoms with Gasteiger partial charge < -0.3 is 10.0 Å². The van der Waals surface area contributed by atoms with Crippen LogP contribution >= 0.6 is 11.6 Å². The highest BCUT2D eigenvalue weighted by Gasteiger charge is 2.34. The van der Waals surface area contributed by atoms with Gasteiger partial charge in [0.05, 0.1) is 6.10 Å². The summed E-state index contributed by atoms with van der Waals surface area (Å²) in [4.78, 5) is 6.44. The minimum absolute atomic E-state index is 0.0619. The molecule has 3 unspecified atom stereocenters. The summed E-state index contributed by atoms with van der Waals surface area (Å²) in [5.74, 6) is 1.44. The normalized spacial score (nSPS) is 32.1. The van der Waals surface area contributed by atoms with E-state index in [0.29, 0.717) is 11.1 Å². The lowest BCUT2D eigenvalue weighted by atomic mass is 9.74. The average molecular weight is 267 g/mol. The summed E-state index contributed by atoms with van der Waals surface area (Å²) >= 11 is 5.95. The van der Waals surface area contributed by atoms with Crippen molar-refractivity contribution < 1.29 is 5.11 Å². The molecule has 1 aliphatic carbocycles. The third-order valence-electron chi connectivity index (χ3n) is 4.41. The van der Waals surface area contributed by atoms with Crippen LogP contribution in [0.4, 0.5) is 5.69 Å². The zero-order valence-electron chi connectivity index (χ0n) is 10.4. The van der Waals surface area contributed by atoms with Gasteiger partial charge in [0.25, 0.3) is 0 Å². The molecule has 3 nitrogen and oxygen atoms in total. The minimum Gasteiger partial charge on any atom is -0.393 e. The van der Waals surface area contributed by atoms with Crippen molar-refractivity contribution in [2.24, 2.45) is 11.8 Å². The fourth-order valence-electron chi connectivity index (χ4n) is 3.42. The van der Waals surface area contributed by atoms with E-state index in [1.54, 1.807) is 6.20 Å². The highest BCUT2D eigenvalue weighted by Crippen LogP contribution is 2.37. The predicted octanol–water partition coefficient (Wildman–Crippen LogP) is 2.72. The smallest absolute Gasteiger partial charge is 0.131 e. The summed E-state index contributed by atoms with van der Waals surface area (Å²) in [6, 6.07) is 3.98. The van der Waals surface area contributed by atoms with Crippen LogP contribution in [0.3, 0.4) is 0 Å². The highest BCUT2D eigenvalue weighted by atomic mass is 35.5. The second kappa shape index (κ2) is 5.06. The van der Waals surface area contributed by atoms with Gasteiger partial charge in [0.15, 0.2) is 0 Å². The van der Waals surface area contributed by atoms with E-state index in [1.165, 1.54) is 12.1 Å². The second-order valence-electron chi connectivity index (χ2n) is 5.56. The molecule has 1 aliphatic heterocycles. The number of aliphatic hydroxyl groups excluding tert-OH is 1. The van der Waals surface area contributed by atoms with Crippen LogP contribution in [0.25, 0.3) is 0 Å². The molecule has 1 aromatic rings. The van der Waals surface area contributed by atoms with Crippen molar-refractivity contribution in [3.05, 3.63) is 23.5 Å². The Hall–Kier alpha value is -0.800. The topological polar surface area (TPSA) is 36.4 Å². The first-order valence-electron chi connectivity index (χ1n) is 6.77. The fraction of sp³-hybridized carbons (Fsp3) is 0.643. The van der Waals surface area contributed by atoms with E-state index in [4.69, 9.17) is 11.6 Å². The molecule has 2 heterocycles. The SMILES string of the molecule is OC1CCC2CN(c3ccnc(Cl)c3)CCC2C1. The maximum absolute atomic E-state index is 9.73. The van der Waals surface area contributed by atoms with E-state index in [9.17, 15) is 5.11 Å². The number of pyridine rings is 1. The van der Waals surface area contributed by atoms with Crippen molar-refractivity contribution in [2.75, 3.05) is 18.0 Å². The Morgan fingerprint density at radius 1 is 1.28 bits per heavy atom. The Labute approximate surface area is 113 Å². The number of nitrogens with zero attached hydrogens (tertiary/aromatic N) is 2. The van der Waals surface area contributed by atoms with E-state index >= 15 is 0 Å². The summed E-state index contributed by atoms with van der Waals surface area (Å²) in [6.07, 6.45) is 6.01. The van der Waals surface area contributed by atoms with Crippen molar-refractivity contribution in [1.29, 1.82) is 0 Å². The standard InChI is InChI=1S/C14H19ClN2O/c15-14-8-12(3-5-16-14)17-6-4-10-7-13(18)2-1-11(10)9-17/h3,5,8,10-11,13,18H,1-2,4,6-7,9H2. The van der Waals surface area contributed by atoms with E-state index in [0.717, 1.165) is 38.3 Å². The van der Waals surface area contributed by atoms with Gasteiger partial charge in [-0.05, 0) is 49.7 Å². The molecule has 1 aromatic heterocycles. The van der Waals surface area contributed by atoms with Crippen molar-refractivity contribution in [3.8, 4) is 0 Å². The Kier molecular flexibility index (Phi) is 3.44. The molecule has 2 aliphatic rings. The van der Waals surface area contributed by atoms with Crippen molar-refractivity contribution in [1.82, 2.24) is 4.98 Å². The maximum Gasteiger partial charge on any atom is 0.131 e. The molecule has 2 fully saturated rings. The van der Waals surface area contributed by atoms with Crippen molar-refractivity contribution >= 4 is 17.3 Å². The quantitative estimate of drug-likeness (QED) is 0.794. The van der Waals surface area contributed by atoms with Crippen molar-refractivity contribution in [3.63, 3.8) is 0 Å². The van der Waals surface area contributed by atoms with Gasteiger partial charge in [-0.25, -0.2) is 4.98 Å². The maximum atomic E-state index is 9.73. The second-order valence-corrected chi connectivity index (χ2v) is 5.95. The Balaban J connectivity index is 1.70. The predicted molar refractivity (Wildman–Crippen MR) is 72.9 cm³/mol. The van der Waals surface area contributed by atoms with Crippen LogP contribution in [0.1, 0.15) is 25.7 Å². The van der Waals surface area contributed by atoms with E-state index in [-0.39, 0.29) is 6.10 Å². The zero-order valence-corrected chi connectivity index (χ0v) is 11.2. The Morgan fingerprint density at radius 3 is 3.00 bits per heavy atom. The Bertz CT molecular complexity index is 426. The lowest BCUT2D eigenvalue weighted by Gasteiger charge is -2.43. The number of aromatic nitrogens is 1. The van der Waals surface area contributed by atoms with Gasteiger partial charge >= 0.3 is 0 Å². The number of fused-ring (bicyclic) bond motifs is 1. The molecule has 0 bridgehead atoms. The third kappa shape index (κ3) is 2.47. The average Bonchev–Trinajstić information content (AvgIpc) is 2.38. The number of piperidine rings is 1. The molecular weight excluding hydrogens is 248 g/mol. The lowest BCUT2D eigenvalue weighted by Crippen LogP contribution is -2.44. The van der Waals surface area contributed by atoms with Gasteiger partial charge in [0.2, 0.25) is 0 Å². The molecule has 18 heavy (non-hydrogen) atoms. The number of anilines is 1. The summed E-state index contributed by atoms with van der Waals surface area (Å²) in [5.41, 5.74) is 1.18. The molecule has 0 spiro atoms. The largest absolute Gasteiger partial charge is 0.393 e. The van der Waals surface area contributed by atoms with Crippen LogP contribution in [0, 0.1) is 11.8 Å². The van der Waals surface area contributed by atoms with Crippen molar-refractivity contribution in [2.45, 2.75) is 31.8 Å². The first-order chi connectivity index (χ1) is 8.72. The van der Waals surface area contributed by atoms with Crippen LogP contribution in [0.5, 0.6) is 0 Å². The lowest BCUT2D eigenvalue weighted by molar-refractivity contribution is 0.0600. The Morgan fingerprint density at radius 2 is 2.17 bits per heavy atom. The van der Waals surface area contributed by atoms with E-state index in [1.807, 2.05) is 12.1 Å². The fourth-order valence-corrected chi connectivity index (χ4v) is 3.58. The van der Waals surface area contributed by atoms with Crippen LogP contribution in [-0.4, -0.2) is 29.3 Å².